The van der Waals surface area contributed by atoms with Crippen molar-refractivity contribution in [1.29, 1.82) is 0 Å². The fourth-order valence-electron chi connectivity index (χ4n) is 13.2. The fraction of sp³-hybridized carbons (Fsp3) is 0. The molecule has 6 aromatic heterocycles. The van der Waals surface area contributed by atoms with Crippen molar-refractivity contribution in [2.24, 2.45) is 0 Å². The van der Waals surface area contributed by atoms with E-state index in [1.807, 2.05) is 0 Å². The van der Waals surface area contributed by atoms with Crippen LogP contribution in [0, 0.1) is 0 Å². The van der Waals surface area contributed by atoms with Crippen LogP contribution in [-0.4, -0.2) is 28.2 Å². The van der Waals surface area contributed by atoms with Gasteiger partial charge >= 0.3 is 0 Å². The van der Waals surface area contributed by atoms with Gasteiger partial charge < -0.3 is 9.13 Å². The Kier molecular flexibility index (Phi) is 10.2. The minimum Gasteiger partial charge on any atom is -0.305 e. The number of hydrogen-bond acceptors (Lipinski definition) is 2. The molecule has 17 aromatic rings. The van der Waals surface area contributed by atoms with Crippen molar-refractivity contribution in [1.82, 2.24) is 28.2 Å². The van der Waals surface area contributed by atoms with Gasteiger partial charge in [-0.25, -0.2) is 9.97 Å². The molecule has 0 N–H and O–H groups in total. The summed E-state index contributed by atoms with van der Waals surface area (Å²) >= 11 is 0. The van der Waals surface area contributed by atoms with Crippen LogP contribution in [0.25, 0.3) is 155 Å². The van der Waals surface area contributed by atoms with Crippen molar-refractivity contribution in [3.05, 3.63) is 291 Å². The second-order valence-corrected chi connectivity index (χ2v) is 21.2. The van der Waals surface area contributed by atoms with E-state index in [1.165, 1.54) is 21.5 Å². The standard InChI is InChI=1S/C76H48N6/c1-3-23-50(24-4-1)62-47-53(48-63(77-62)51-25-5-2-6-26-51)49-43-45-52(46-44-49)72-73(79-64-35-15-7-27-54(64)55-28-8-16-36-65(55)79)75(81-68-39-19-11-31-58(68)59-32-12-20-40-69(59)81)78-76(82-70-41-21-13-33-60(70)61-34-14-22-42-71(61)82)74(72)80-66-37-17-9-29-56(66)57-30-10-18-38-67(57)80/h1-48H. The highest BCUT2D eigenvalue weighted by Crippen LogP contribution is 2.49. The van der Waals surface area contributed by atoms with Crippen LogP contribution >= 0.6 is 0 Å². The van der Waals surface area contributed by atoms with Gasteiger partial charge in [0, 0.05) is 59.8 Å². The number of aromatic nitrogens is 6. The van der Waals surface area contributed by atoms with Crippen LogP contribution in [0.2, 0.25) is 0 Å². The molecule has 0 fully saturated rings. The summed E-state index contributed by atoms with van der Waals surface area (Å²) in [5, 5.41) is 9.29. The monoisotopic (exact) mass is 1040 g/mol. The lowest BCUT2D eigenvalue weighted by Crippen LogP contribution is -2.16. The van der Waals surface area contributed by atoms with Crippen molar-refractivity contribution in [2.75, 3.05) is 0 Å². The van der Waals surface area contributed by atoms with E-state index < -0.39 is 0 Å². The zero-order chi connectivity index (χ0) is 53.8. The van der Waals surface area contributed by atoms with E-state index in [2.05, 4.69) is 309 Å². The normalized spacial score (nSPS) is 11.9. The van der Waals surface area contributed by atoms with Gasteiger partial charge in [-0.3, -0.25) is 9.13 Å². The highest BCUT2D eigenvalue weighted by atomic mass is 15.2. The molecule has 6 nitrogen and oxygen atoms in total. The highest BCUT2D eigenvalue weighted by Gasteiger charge is 2.32. The maximum absolute atomic E-state index is 6.40. The number of benzene rings is 11. The van der Waals surface area contributed by atoms with E-state index in [1.54, 1.807) is 0 Å². The summed E-state index contributed by atoms with van der Waals surface area (Å²) in [6.07, 6.45) is 0. The Balaban J connectivity index is 1.09. The van der Waals surface area contributed by atoms with E-state index in [0.29, 0.717) is 0 Å². The predicted molar refractivity (Wildman–Crippen MR) is 341 cm³/mol. The minimum atomic E-state index is 0.804. The zero-order valence-corrected chi connectivity index (χ0v) is 44.4. The molecule has 0 saturated heterocycles. The van der Waals surface area contributed by atoms with Crippen molar-refractivity contribution in [2.45, 2.75) is 0 Å². The van der Waals surface area contributed by atoms with Crippen LogP contribution in [0.4, 0.5) is 0 Å². The fourth-order valence-corrected chi connectivity index (χ4v) is 13.2. The molecule has 0 aliphatic rings. The largest absolute Gasteiger partial charge is 0.305 e. The average Bonchev–Trinajstić information content (AvgIpc) is 2.31. The summed E-state index contributed by atoms with van der Waals surface area (Å²) in [6, 6.07) is 105. The molecular weight excluding hydrogens is 997 g/mol. The first kappa shape index (κ1) is 45.9. The number of para-hydroxylation sites is 8. The topological polar surface area (TPSA) is 45.5 Å². The van der Waals surface area contributed by atoms with Gasteiger partial charge in [-0.2, -0.15) is 0 Å². The van der Waals surface area contributed by atoms with Crippen LogP contribution in [0.15, 0.2) is 291 Å². The molecule has 6 heterocycles. The first-order valence-corrected chi connectivity index (χ1v) is 28.0. The Bertz CT molecular complexity index is 4870. The molecule has 0 radical (unpaired) electrons. The van der Waals surface area contributed by atoms with Crippen molar-refractivity contribution < 1.29 is 0 Å². The number of rotatable bonds is 8. The van der Waals surface area contributed by atoms with Crippen LogP contribution in [0.3, 0.4) is 0 Å². The van der Waals surface area contributed by atoms with Crippen LogP contribution in [0.1, 0.15) is 0 Å². The maximum atomic E-state index is 6.40. The average molecular weight is 1050 g/mol. The number of pyridine rings is 2. The SMILES string of the molecule is c1ccc(-c2cc(-c3ccc(-c4c(-n5c6ccccc6c6ccccc65)c(-n5c6ccccc6c6ccccc65)nc(-n5c6ccccc6c6ccccc65)c4-n4c5ccccc5c5ccccc54)cc3)cc(-c3ccccc3)n2)cc1. The molecule has 0 bridgehead atoms. The smallest absolute Gasteiger partial charge is 0.165 e. The molecule has 17 rings (SSSR count). The maximum Gasteiger partial charge on any atom is 0.165 e. The quantitative estimate of drug-likeness (QED) is 0.152. The van der Waals surface area contributed by atoms with Gasteiger partial charge in [0.2, 0.25) is 0 Å². The Labute approximate surface area is 471 Å². The van der Waals surface area contributed by atoms with Crippen molar-refractivity contribution in [3.8, 4) is 67.8 Å². The first-order chi connectivity index (χ1) is 40.7. The molecule has 6 heteroatoms. The molecule has 0 aliphatic carbocycles. The molecule has 0 spiro atoms. The molecule has 382 valence electrons. The van der Waals surface area contributed by atoms with Crippen molar-refractivity contribution in [3.63, 3.8) is 0 Å². The lowest BCUT2D eigenvalue weighted by atomic mass is 9.96. The summed E-state index contributed by atoms with van der Waals surface area (Å²) in [5.74, 6) is 1.61. The summed E-state index contributed by atoms with van der Waals surface area (Å²) in [7, 11) is 0. The van der Waals surface area contributed by atoms with Gasteiger partial charge in [0.05, 0.1) is 55.5 Å². The number of fused-ring (bicyclic) bond motifs is 12. The third-order valence-corrected chi connectivity index (χ3v) is 16.8. The number of hydrogen-bond donors (Lipinski definition) is 0. The van der Waals surface area contributed by atoms with E-state index in [0.717, 1.165) is 133 Å². The summed E-state index contributed by atoms with van der Waals surface area (Å²) in [5.41, 5.74) is 18.7. The van der Waals surface area contributed by atoms with E-state index in [4.69, 9.17) is 9.97 Å². The third-order valence-electron chi connectivity index (χ3n) is 16.8. The molecule has 0 atom stereocenters. The molecule has 0 aliphatic heterocycles. The lowest BCUT2D eigenvalue weighted by molar-refractivity contribution is 0.961. The van der Waals surface area contributed by atoms with E-state index in [9.17, 15) is 0 Å². The highest BCUT2D eigenvalue weighted by molar-refractivity contribution is 6.16. The second kappa shape index (κ2) is 18.2. The summed E-state index contributed by atoms with van der Waals surface area (Å²) in [4.78, 5) is 11.7. The van der Waals surface area contributed by atoms with Crippen LogP contribution in [0.5, 0.6) is 0 Å². The second-order valence-electron chi connectivity index (χ2n) is 21.2. The van der Waals surface area contributed by atoms with Crippen LogP contribution < -0.4 is 0 Å². The first-order valence-electron chi connectivity index (χ1n) is 28.0. The minimum absolute atomic E-state index is 0.804. The molecule has 0 amide bonds. The third kappa shape index (κ3) is 6.88. The Hall–Kier alpha value is -11.1. The molecular formula is C76H48N6. The zero-order valence-electron chi connectivity index (χ0n) is 44.4. The van der Waals surface area contributed by atoms with Gasteiger partial charge in [-0.15, -0.1) is 0 Å². The Morgan fingerprint density at radius 2 is 0.451 bits per heavy atom. The van der Waals surface area contributed by atoms with Crippen molar-refractivity contribution >= 4 is 87.2 Å². The summed E-state index contributed by atoms with van der Waals surface area (Å²) in [6.45, 7) is 0. The molecule has 82 heavy (non-hydrogen) atoms. The Morgan fingerprint density at radius 3 is 0.756 bits per heavy atom. The van der Waals surface area contributed by atoms with Gasteiger partial charge in [0.25, 0.3) is 0 Å². The molecule has 11 aromatic carbocycles. The molecule has 0 unspecified atom stereocenters. The predicted octanol–water partition coefficient (Wildman–Crippen LogP) is 19.5. The van der Waals surface area contributed by atoms with E-state index in [-0.39, 0.29) is 0 Å². The summed E-state index contributed by atoms with van der Waals surface area (Å²) < 4.78 is 9.88. The van der Waals surface area contributed by atoms with Gasteiger partial charge in [0.15, 0.2) is 11.6 Å². The van der Waals surface area contributed by atoms with Gasteiger partial charge in [-0.05, 0) is 77.4 Å². The van der Waals surface area contributed by atoms with Gasteiger partial charge in [-0.1, -0.05) is 231 Å². The van der Waals surface area contributed by atoms with Crippen LogP contribution in [-0.2, 0) is 0 Å². The van der Waals surface area contributed by atoms with E-state index >= 15 is 0 Å². The lowest BCUT2D eigenvalue weighted by Gasteiger charge is -2.27. The molecule has 0 saturated carbocycles. The number of nitrogens with zero attached hydrogens (tertiary/aromatic N) is 6. The Morgan fingerprint density at radius 1 is 0.195 bits per heavy atom. The van der Waals surface area contributed by atoms with Gasteiger partial charge in [0.1, 0.15) is 11.4 Å².